The number of rotatable bonds is 7. The zero-order chi connectivity index (χ0) is 14.3. The van der Waals surface area contributed by atoms with Crippen molar-refractivity contribution in [2.45, 2.75) is 33.2 Å². The van der Waals surface area contributed by atoms with E-state index in [-0.39, 0.29) is 24.2 Å². The average molecular weight is 301 g/mol. The number of hydrogen-bond donors (Lipinski definition) is 2. The van der Waals surface area contributed by atoms with Gasteiger partial charge >= 0.3 is 0 Å². The molecule has 0 aliphatic rings. The summed E-state index contributed by atoms with van der Waals surface area (Å²) >= 11 is 0. The summed E-state index contributed by atoms with van der Waals surface area (Å²) in [5.74, 6) is 0.894. The van der Waals surface area contributed by atoms with Gasteiger partial charge in [0.1, 0.15) is 12.4 Å². The highest BCUT2D eigenvalue weighted by molar-refractivity contribution is 5.85. The zero-order valence-electron chi connectivity index (χ0n) is 12.4. The molecule has 0 heterocycles. The molecule has 20 heavy (non-hydrogen) atoms. The molecule has 114 valence electrons. The van der Waals surface area contributed by atoms with Crippen molar-refractivity contribution < 1.29 is 9.53 Å². The average Bonchev–Trinajstić information content (AvgIpc) is 2.43. The van der Waals surface area contributed by atoms with Gasteiger partial charge in [0.25, 0.3) is 0 Å². The van der Waals surface area contributed by atoms with Crippen LogP contribution in [0.3, 0.4) is 0 Å². The minimum atomic E-state index is -0.440. The highest BCUT2D eigenvalue weighted by Crippen LogP contribution is 2.10. The second kappa shape index (κ2) is 9.61. The Hall–Kier alpha value is -1.26. The van der Waals surface area contributed by atoms with Gasteiger partial charge in [-0.05, 0) is 25.0 Å². The normalized spacial score (nSPS) is 13.0. The third-order valence-electron chi connectivity index (χ3n) is 3.25. The number of nitrogens with two attached hydrogens (primary N) is 1. The van der Waals surface area contributed by atoms with Crippen LogP contribution in [-0.2, 0) is 4.79 Å². The van der Waals surface area contributed by atoms with Gasteiger partial charge in [0.05, 0.1) is 12.6 Å². The molecule has 0 bridgehead atoms. The van der Waals surface area contributed by atoms with Crippen LogP contribution in [0.2, 0.25) is 0 Å². The first-order valence-electron chi connectivity index (χ1n) is 6.77. The number of benzene rings is 1. The second-order valence-electron chi connectivity index (χ2n) is 4.86. The highest BCUT2D eigenvalue weighted by Gasteiger charge is 2.18. The standard InChI is InChI=1S/C15H24N2O2.ClH/c1-4-12(3)14(16)15(18)17-9-10-19-13-7-5-11(2)6-8-13;/h5-8,12,14H,4,9-10,16H2,1-3H3,(H,17,18);1H. The molecule has 3 N–H and O–H groups in total. The number of carbonyl (C=O) groups is 1. The van der Waals surface area contributed by atoms with Gasteiger partial charge in [-0.15, -0.1) is 12.4 Å². The summed E-state index contributed by atoms with van der Waals surface area (Å²) in [6, 6.07) is 7.38. The lowest BCUT2D eigenvalue weighted by atomic mass is 9.99. The smallest absolute Gasteiger partial charge is 0.237 e. The topological polar surface area (TPSA) is 64.4 Å². The van der Waals surface area contributed by atoms with Crippen molar-refractivity contribution in [1.82, 2.24) is 5.32 Å². The molecule has 4 nitrogen and oxygen atoms in total. The van der Waals surface area contributed by atoms with E-state index in [2.05, 4.69) is 5.32 Å². The fraction of sp³-hybridized carbons (Fsp3) is 0.533. The lowest BCUT2D eigenvalue weighted by Crippen LogP contribution is -2.45. The SMILES string of the molecule is CCC(C)C(N)C(=O)NCCOc1ccc(C)cc1.Cl. The van der Waals surface area contributed by atoms with Crippen LogP contribution in [0.1, 0.15) is 25.8 Å². The molecular weight excluding hydrogens is 276 g/mol. The summed E-state index contributed by atoms with van der Waals surface area (Å²) in [5.41, 5.74) is 7.02. The molecule has 5 heteroatoms. The first kappa shape index (κ1) is 18.7. The van der Waals surface area contributed by atoms with Crippen LogP contribution in [0.15, 0.2) is 24.3 Å². The van der Waals surface area contributed by atoms with Gasteiger partial charge in [0.15, 0.2) is 0 Å². The molecule has 0 aliphatic carbocycles. The Kier molecular flexibility index (Phi) is 9.01. The molecule has 0 spiro atoms. The maximum Gasteiger partial charge on any atom is 0.237 e. The first-order valence-corrected chi connectivity index (χ1v) is 6.77. The van der Waals surface area contributed by atoms with Gasteiger partial charge in [-0.3, -0.25) is 4.79 Å². The number of ether oxygens (including phenoxy) is 1. The molecule has 2 atom stereocenters. The van der Waals surface area contributed by atoms with Gasteiger partial charge in [-0.1, -0.05) is 38.0 Å². The molecular formula is C15H25ClN2O2. The number of nitrogens with one attached hydrogen (secondary N) is 1. The first-order chi connectivity index (χ1) is 9.04. The van der Waals surface area contributed by atoms with Crippen molar-refractivity contribution in [3.63, 3.8) is 0 Å². The van der Waals surface area contributed by atoms with Crippen LogP contribution in [0.5, 0.6) is 5.75 Å². The van der Waals surface area contributed by atoms with Crippen molar-refractivity contribution in [3.8, 4) is 5.75 Å². The maximum atomic E-state index is 11.7. The summed E-state index contributed by atoms with van der Waals surface area (Å²) in [6.45, 7) is 6.95. The van der Waals surface area contributed by atoms with Crippen LogP contribution in [0, 0.1) is 12.8 Å². The molecule has 0 radical (unpaired) electrons. The maximum absolute atomic E-state index is 11.7. The van der Waals surface area contributed by atoms with Crippen LogP contribution in [-0.4, -0.2) is 25.1 Å². The predicted molar refractivity (Wildman–Crippen MR) is 84.4 cm³/mol. The van der Waals surface area contributed by atoms with Crippen molar-refractivity contribution in [1.29, 1.82) is 0 Å². The number of hydrogen-bond acceptors (Lipinski definition) is 3. The molecule has 1 amide bonds. The Balaban J connectivity index is 0.00000361. The van der Waals surface area contributed by atoms with Crippen molar-refractivity contribution in [3.05, 3.63) is 29.8 Å². The van der Waals surface area contributed by atoms with Crippen molar-refractivity contribution >= 4 is 18.3 Å². The van der Waals surface area contributed by atoms with E-state index in [1.165, 1.54) is 5.56 Å². The zero-order valence-corrected chi connectivity index (χ0v) is 13.2. The second-order valence-corrected chi connectivity index (χ2v) is 4.86. The monoisotopic (exact) mass is 300 g/mol. The molecule has 0 saturated heterocycles. The van der Waals surface area contributed by atoms with Crippen LogP contribution < -0.4 is 15.8 Å². The fourth-order valence-corrected chi connectivity index (χ4v) is 1.61. The Bertz CT molecular complexity index is 395. The largest absolute Gasteiger partial charge is 0.492 e. The van der Waals surface area contributed by atoms with E-state index in [9.17, 15) is 4.79 Å². The minimum Gasteiger partial charge on any atom is -0.492 e. The van der Waals surface area contributed by atoms with Crippen molar-refractivity contribution in [2.75, 3.05) is 13.2 Å². The van der Waals surface area contributed by atoms with E-state index < -0.39 is 6.04 Å². The van der Waals surface area contributed by atoms with E-state index in [4.69, 9.17) is 10.5 Å². The molecule has 0 saturated carbocycles. The summed E-state index contributed by atoms with van der Waals surface area (Å²) in [7, 11) is 0. The molecule has 1 aromatic carbocycles. The van der Waals surface area contributed by atoms with Crippen LogP contribution in [0.25, 0.3) is 0 Å². The van der Waals surface area contributed by atoms with E-state index in [0.717, 1.165) is 12.2 Å². The molecule has 0 aromatic heterocycles. The molecule has 0 aliphatic heterocycles. The lowest BCUT2D eigenvalue weighted by Gasteiger charge is -2.17. The Morgan fingerprint density at radius 1 is 1.35 bits per heavy atom. The Morgan fingerprint density at radius 2 is 1.95 bits per heavy atom. The number of aryl methyl sites for hydroxylation is 1. The third kappa shape index (κ3) is 6.26. The number of amides is 1. The van der Waals surface area contributed by atoms with E-state index in [1.54, 1.807) is 0 Å². The van der Waals surface area contributed by atoms with E-state index in [0.29, 0.717) is 13.2 Å². The lowest BCUT2D eigenvalue weighted by molar-refractivity contribution is -0.123. The highest BCUT2D eigenvalue weighted by atomic mass is 35.5. The van der Waals surface area contributed by atoms with E-state index in [1.807, 2.05) is 45.0 Å². The summed E-state index contributed by atoms with van der Waals surface area (Å²) in [4.78, 5) is 11.7. The third-order valence-corrected chi connectivity index (χ3v) is 3.25. The molecule has 1 aromatic rings. The summed E-state index contributed by atoms with van der Waals surface area (Å²) in [6.07, 6.45) is 0.897. The Morgan fingerprint density at radius 3 is 2.50 bits per heavy atom. The van der Waals surface area contributed by atoms with Gasteiger partial charge in [-0.25, -0.2) is 0 Å². The summed E-state index contributed by atoms with van der Waals surface area (Å²) < 4.78 is 5.52. The number of halogens is 1. The quantitative estimate of drug-likeness (QED) is 0.759. The summed E-state index contributed by atoms with van der Waals surface area (Å²) in [5, 5.41) is 2.79. The van der Waals surface area contributed by atoms with Crippen LogP contribution in [0.4, 0.5) is 0 Å². The molecule has 0 fully saturated rings. The fourth-order valence-electron chi connectivity index (χ4n) is 1.61. The molecule has 1 rings (SSSR count). The van der Waals surface area contributed by atoms with Gasteiger partial charge in [0, 0.05) is 0 Å². The van der Waals surface area contributed by atoms with Crippen LogP contribution >= 0.6 is 12.4 Å². The number of carbonyl (C=O) groups excluding carboxylic acids is 1. The van der Waals surface area contributed by atoms with E-state index >= 15 is 0 Å². The molecule has 2 unspecified atom stereocenters. The Labute approximate surface area is 127 Å². The van der Waals surface area contributed by atoms with Crippen molar-refractivity contribution in [2.24, 2.45) is 11.7 Å². The predicted octanol–water partition coefficient (Wildman–Crippen LogP) is 2.29. The van der Waals surface area contributed by atoms with Gasteiger partial charge in [-0.2, -0.15) is 0 Å². The minimum absolute atomic E-state index is 0. The van der Waals surface area contributed by atoms with Gasteiger partial charge < -0.3 is 15.8 Å². The van der Waals surface area contributed by atoms with Gasteiger partial charge in [0.2, 0.25) is 5.91 Å².